The summed E-state index contributed by atoms with van der Waals surface area (Å²) in [5, 5.41) is 9.40. The van der Waals surface area contributed by atoms with E-state index in [1.165, 1.54) is 0 Å². The monoisotopic (exact) mass is 166 g/mol. The topological polar surface area (TPSA) is 55.1 Å². The van der Waals surface area contributed by atoms with Gasteiger partial charge in [0.2, 0.25) is 0 Å². The number of ketones is 1. The maximum absolute atomic E-state index is 11.3. The van der Waals surface area contributed by atoms with Gasteiger partial charge in [-0.2, -0.15) is 4.73 Å². The Balaban J connectivity index is 2.60. The number of fused-ring (bicyclic) bond motifs is 1. The molecule has 1 N–H and O–H groups in total. The molecule has 0 unspecified atom stereocenters. The molecular weight excluding hydrogens is 156 g/mol. The molecule has 1 aliphatic rings. The van der Waals surface area contributed by atoms with Crippen LogP contribution in [0.15, 0.2) is 0 Å². The lowest BCUT2D eigenvalue weighted by Crippen LogP contribution is -2.12. The number of aromatic nitrogens is 2. The number of aryl methyl sites for hydroxylation is 1. The Kier molecular flexibility index (Phi) is 1.43. The van der Waals surface area contributed by atoms with Crippen molar-refractivity contribution in [2.75, 3.05) is 0 Å². The third kappa shape index (κ3) is 0.841. The van der Waals surface area contributed by atoms with Crippen molar-refractivity contribution in [3.05, 3.63) is 17.2 Å². The number of nitrogens with zero attached hydrogens (tertiary/aromatic N) is 2. The minimum atomic E-state index is 0.0483. The normalized spacial score (nSPS) is 16.2. The second kappa shape index (κ2) is 2.33. The molecule has 0 saturated carbocycles. The summed E-state index contributed by atoms with van der Waals surface area (Å²) in [6.45, 7) is 1.69. The van der Waals surface area contributed by atoms with Gasteiger partial charge in [-0.3, -0.25) is 4.79 Å². The number of imidazole rings is 1. The predicted molar refractivity (Wildman–Crippen MR) is 41.4 cm³/mol. The standard InChI is InChI=1S/C8H10N2O2/c1-5-9-8-6(10(5)12)3-2-4-7(8)11/h12H,2-4H2,1H3. The lowest BCUT2D eigenvalue weighted by atomic mass is 10.0. The first-order valence-electron chi connectivity index (χ1n) is 4.01. The van der Waals surface area contributed by atoms with Crippen molar-refractivity contribution in [1.82, 2.24) is 9.71 Å². The molecule has 1 heterocycles. The highest BCUT2D eigenvalue weighted by Crippen LogP contribution is 2.20. The van der Waals surface area contributed by atoms with Crippen molar-refractivity contribution in [1.29, 1.82) is 0 Å². The van der Waals surface area contributed by atoms with Crippen LogP contribution in [0.1, 0.15) is 34.8 Å². The molecule has 0 atom stereocenters. The van der Waals surface area contributed by atoms with Crippen LogP contribution in [0.25, 0.3) is 0 Å². The van der Waals surface area contributed by atoms with E-state index in [1.54, 1.807) is 6.92 Å². The van der Waals surface area contributed by atoms with Gasteiger partial charge in [0, 0.05) is 6.42 Å². The summed E-state index contributed by atoms with van der Waals surface area (Å²) in [4.78, 5) is 15.3. The van der Waals surface area contributed by atoms with Gasteiger partial charge in [-0.15, -0.1) is 0 Å². The average molecular weight is 166 g/mol. The van der Waals surface area contributed by atoms with Gasteiger partial charge in [0.25, 0.3) is 0 Å². The van der Waals surface area contributed by atoms with Crippen LogP contribution in [0, 0.1) is 6.92 Å². The van der Waals surface area contributed by atoms with Gasteiger partial charge < -0.3 is 5.21 Å². The van der Waals surface area contributed by atoms with Crippen molar-refractivity contribution >= 4 is 5.78 Å². The molecule has 4 heteroatoms. The minimum Gasteiger partial charge on any atom is -0.427 e. The maximum atomic E-state index is 11.3. The summed E-state index contributed by atoms with van der Waals surface area (Å²) in [5.74, 6) is 0.544. The van der Waals surface area contributed by atoms with Crippen molar-refractivity contribution in [2.45, 2.75) is 26.2 Å². The lowest BCUT2D eigenvalue weighted by molar-refractivity contribution is 0.0960. The van der Waals surface area contributed by atoms with E-state index in [0.717, 1.165) is 17.6 Å². The Morgan fingerprint density at radius 1 is 1.50 bits per heavy atom. The molecule has 12 heavy (non-hydrogen) atoms. The molecule has 0 aromatic carbocycles. The zero-order valence-corrected chi connectivity index (χ0v) is 6.87. The molecule has 0 fully saturated rings. The highest BCUT2D eigenvalue weighted by atomic mass is 16.5. The van der Waals surface area contributed by atoms with Gasteiger partial charge in [-0.1, -0.05) is 0 Å². The van der Waals surface area contributed by atoms with Crippen molar-refractivity contribution in [3.8, 4) is 0 Å². The van der Waals surface area contributed by atoms with Gasteiger partial charge in [0.15, 0.2) is 5.78 Å². The van der Waals surface area contributed by atoms with E-state index in [0.29, 0.717) is 23.6 Å². The van der Waals surface area contributed by atoms with E-state index in [4.69, 9.17) is 0 Å². The van der Waals surface area contributed by atoms with Crippen LogP contribution in [0.4, 0.5) is 0 Å². The van der Waals surface area contributed by atoms with Crippen molar-refractivity contribution in [3.63, 3.8) is 0 Å². The zero-order valence-electron chi connectivity index (χ0n) is 6.87. The highest BCUT2D eigenvalue weighted by Gasteiger charge is 2.23. The quantitative estimate of drug-likeness (QED) is 0.584. The Morgan fingerprint density at radius 3 is 2.92 bits per heavy atom. The molecule has 0 saturated heterocycles. The van der Waals surface area contributed by atoms with E-state index in [9.17, 15) is 10.0 Å². The second-order valence-corrected chi connectivity index (χ2v) is 3.04. The molecular formula is C8H10N2O2. The maximum Gasteiger partial charge on any atom is 0.183 e. The van der Waals surface area contributed by atoms with Crippen LogP contribution in [-0.2, 0) is 6.42 Å². The first-order chi connectivity index (χ1) is 5.70. The van der Waals surface area contributed by atoms with Crippen LogP contribution >= 0.6 is 0 Å². The molecule has 0 aliphatic heterocycles. The fraction of sp³-hybridized carbons (Fsp3) is 0.500. The number of hydrogen-bond donors (Lipinski definition) is 1. The number of Topliss-reactive ketones (excluding diaryl/α,β-unsaturated/α-hetero) is 1. The van der Waals surface area contributed by atoms with E-state index in [2.05, 4.69) is 4.98 Å². The summed E-state index contributed by atoms with van der Waals surface area (Å²) < 4.78 is 1.02. The fourth-order valence-electron chi connectivity index (χ4n) is 1.55. The van der Waals surface area contributed by atoms with E-state index >= 15 is 0 Å². The summed E-state index contributed by atoms with van der Waals surface area (Å²) in [6, 6.07) is 0. The van der Waals surface area contributed by atoms with Gasteiger partial charge in [-0.25, -0.2) is 4.98 Å². The van der Waals surface area contributed by atoms with Crippen LogP contribution in [-0.4, -0.2) is 20.7 Å². The number of rotatable bonds is 0. The van der Waals surface area contributed by atoms with Crippen LogP contribution in [0.3, 0.4) is 0 Å². The van der Waals surface area contributed by atoms with Crippen molar-refractivity contribution < 1.29 is 10.0 Å². The fourth-order valence-corrected chi connectivity index (χ4v) is 1.55. The van der Waals surface area contributed by atoms with E-state index < -0.39 is 0 Å². The largest absolute Gasteiger partial charge is 0.427 e. The summed E-state index contributed by atoms with van der Waals surface area (Å²) in [6.07, 6.45) is 2.12. The molecule has 1 aliphatic carbocycles. The number of hydrogen-bond acceptors (Lipinski definition) is 3. The van der Waals surface area contributed by atoms with Gasteiger partial charge >= 0.3 is 0 Å². The third-order valence-corrected chi connectivity index (χ3v) is 2.19. The highest BCUT2D eigenvalue weighted by molar-refractivity contribution is 5.96. The summed E-state index contributed by atoms with van der Waals surface area (Å²) >= 11 is 0. The molecule has 1 aromatic rings. The Labute approximate surface area is 69.8 Å². The second-order valence-electron chi connectivity index (χ2n) is 3.04. The first kappa shape index (κ1) is 7.34. The molecule has 0 amide bonds. The Bertz CT molecular complexity index is 341. The Morgan fingerprint density at radius 2 is 2.25 bits per heavy atom. The zero-order chi connectivity index (χ0) is 8.72. The molecule has 0 spiro atoms. The Hall–Kier alpha value is -1.32. The molecule has 0 bridgehead atoms. The predicted octanol–water partition coefficient (Wildman–Crippen LogP) is 0.948. The summed E-state index contributed by atoms with van der Waals surface area (Å²) in [5.41, 5.74) is 1.13. The van der Waals surface area contributed by atoms with Crippen LogP contribution < -0.4 is 0 Å². The van der Waals surface area contributed by atoms with Crippen LogP contribution in [0.2, 0.25) is 0 Å². The van der Waals surface area contributed by atoms with Gasteiger partial charge in [0.05, 0.1) is 5.69 Å². The van der Waals surface area contributed by atoms with Gasteiger partial charge in [0.1, 0.15) is 11.5 Å². The SMILES string of the molecule is Cc1nc2c(n1O)CCCC2=O. The minimum absolute atomic E-state index is 0.0483. The lowest BCUT2D eigenvalue weighted by Gasteiger charge is -2.08. The molecule has 2 rings (SSSR count). The number of carbonyl (C=O) groups excluding carboxylic acids is 1. The molecule has 0 radical (unpaired) electrons. The van der Waals surface area contributed by atoms with Crippen LogP contribution in [0.5, 0.6) is 0 Å². The van der Waals surface area contributed by atoms with E-state index in [1.807, 2.05) is 0 Å². The van der Waals surface area contributed by atoms with Gasteiger partial charge in [-0.05, 0) is 19.8 Å². The smallest absolute Gasteiger partial charge is 0.183 e. The van der Waals surface area contributed by atoms with E-state index in [-0.39, 0.29) is 5.78 Å². The first-order valence-corrected chi connectivity index (χ1v) is 4.01. The molecule has 64 valence electrons. The summed E-state index contributed by atoms with van der Waals surface area (Å²) in [7, 11) is 0. The molecule has 1 aromatic heterocycles. The molecule has 4 nitrogen and oxygen atoms in total. The van der Waals surface area contributed by atoms with Crippen molar-refractivity contribution in [2.24, 2.45) is 0 Å². The third-order valence-electron chi connectivity index (χ3n) is 2.19. The number of carbonyl (C=O) groups is 1. The average Bonchev–Trinajstić information content (AvgIpc) is 2.32.